The molecule has 0 heterocycles. The van der Waals surface area contributed by atoms with Crippen molar-refractivity contribution in [2.45, 2.75) is 0 Å². The molecular formula is C10H8F2O2S. The normalized spacial score (nSPS) is 10.9. The van der Waals surface area contributed by atoms with Crippen LogP contribution < -0.4 is 0 Å². The molecule has 0 unspecified atom stereocenters. The summed E-state index contributed by atoms with van der Waals surface area (Å²) < 4.78 is 26.1. The molecule has 1 N–H and O–H groups in total. The lowest BCUT2D eigenvalue weighted by molar-refractivity contribution is 0.0691. The van der Waals surface area contributed by atoms with E-state index in [4.69, 9.17) is 5.11 Å². The van der Waals surface area contributed by atoms with Crippen molar-refractivity contribution >= 4 is 24.7 Å². The van der Waals surface area contributed by atoms with Crippen molar-refractivity contribution in [3.63, 3.8) is 0 Å². The van der Waals surface area contributed by atoms with Crippen molar-refractivity contribution in [1.82, 2.24) is 0 Å². The van der Waals surface area contributed by atoms with Gasteiger partial charge in [-0.05, 0) is 6.07 Å². The molecule has 1 aromatic rings. The fraction of sp³-hybridized carbons (Fsp3) is 0.100. The summed E-state index contributed by atoms with van der Waals surface area (Å²) in [4.78, 5) is 10.6. The van der Waals surface area contributed by atoms with Crippen LogP contribution in [0.25, 0.3) is 6.08 Å². The molecule has 0 amide bonds. The van der Waals surface area contributed by atoms with Crippen LogP contribution in [0.1, 0.15) is 15.9 Å². The van der Waals surface area contributed by atoms with Crippen LogP contribution in [0.4, 0.5) is 8.78 Å². The maximum Gasteiger partial charge on any atom is 0.338 e. The molecule has 0 aliphatic carbocycles. The van der Waals surface area contributed by atoms with E-state index in [-0.39, 0.29) is 5.56 Å². The minimum Gasteiger partial charge on any atom is -0.478 e. The first-order chi connectivity index (χ1) is 7.06. The summed E-state index contributed by atoms with van der Waals surface area (Å²) in [5.41, 5.74) is -0.516. The van der Waals surface area contributed by atoms with Crippen molar-refractivity contribution in [1.29, 1.82) is 0 Å². The van der Waals surface area contributed by atoms with Crippen LogP contribution in [0, 0.1) is 11.6 Å². The van der Waals surface area contributed by atoms with Crippen LogP contribution in [0.3, 0.4) is 0 Å². The number of carboxylic acid groups (broad SMARTS) is 1. The number of rotatable bonds is 3. The minimum atomic E-state index is -1.42. The second kappa shape index (κ2) is 4.93. The molecule has 0 aliphatic heterocycles. The van der Waals surface area contributed by atoms with Crippen LogP contribution in [0.2, 0.25) is 0 Å². The summed E-state index contributed by atoms with van der Waals surface area (Å²) in [6.07, 6.45) is 2.89. The Morgan fingerprint density at radius 3 is 2.60 bits per heavy atom. The fourth-order valence-corrected chi connectivity index (χ4v) is 1.14. The van der Waals surface area contributed by atoms with Gasteiger partial charge in [-0.3, -0.25) is 0 Å². The fourth-order valence-electron chi connectivity index (χ4n) is 1.04. The van der Waals surface area contributed by atoms with Crippen LogP contribution >= 0.6 is 12.6 Å². The zero-order chi connectivity index (χ0) is 11.4. The highest BCUT2D eigenvalue weighted by atomic mass is 32.1. The van der Waals surface area contributed by atoms with Gasteiger partial charge in [0.15, 0.2) is 0 Å². The first-order valence-electron chi connectivity index (χ1n) is 4.06. The highest BCUT2D eigenvalue weighted by molar-refractivity contribution is 7.80. The van der Waals surface area contributed by atoms with Gasteiger partial charge in [-0.1, -0.05) is 12.2 Å². The lowest BCUT2D eigenvalue weighted by Crippen LogP contribution is -2.02. The van der Waals surface area contributed by atoms with Gasteiger partial charge in [-0.2, -0.15) is 12.6 Å². The van der Waals surface area contributed by atoms with E-state index in [1.54, 1.807) is 0 Å². The van der Waals surface area contributed by atoms with Crippen molar-refractivity contribution in [2.75, 3.05) is 5.75 Å². The molecular weight excluding hydrogens is 222 g/mol. The summed E-state index contributed by atoms with van der Waals surface area (Å²) in [5.74, 6) is -2.91. The predicted octanol–water partition coefficient (Wildman–Crippen LogP) is 2.61. The molecule has 5 heteroatoms. The number of carboxylic acids is 1. The van der Waals surface area contributed by atoms with E-state index in [9.17, 15) is 13.6 Å². The number of carbonyl (C=O) groups is 1. The molecule has 1 aromatic carbocycles. The lowest BCUT2D eigenvalue weighted by Gasteiger charge is -2.01. The summed E-state index contributed by atoms with van der Waals surface area (Å²) >= 11 is 3.87. The second-order valence-corrected chi connectivity index (χ2v) is 3.11. The smallest absolute Gasteiger partial charge is 0.338 e. The van der Waals surface area contributed by atoms with E-state index in [1.807, 2.05) is 0 Å². The molecule has 15 heavy (non-hydrogen) atoms. The number of halogens is 2. The van der Waals surface area contributed by atoms with Gasteiger partial charge >= 0.3 is 5.97 Å². The summed E-state index contributed by atoms with van der Waals surface area (Å²) in [6, 6.07) is 1.51. The Hall–Kier alpha value is -1.36. The summed E-state index contributed by atoms with van der Waals surface area (Å²) in [6.45, 7) is 0. The molecule has 80 valence electrons. The average Bonchev–Trinajstić information content (AvgIpc) is 2.16. The zero-order valence-corrected chi connectivity index (χ0v) is 8.47. The molecule has 1 rings (SSSR count). The molecule has 0 radical (unpaired) electrons. The van der Waals surface area contributed by atoms with E-state index in [0.29, 0.717) is 11.8 Å². The predicted molar refractivity (Wildman–Crippen MR) is 56.2 cm³/mol. The standard InChI is InChI=1S/C10H8F2O2S/c11-8-5-9(12)7(10(13)14)4-6(8)2-1-3-15/h1-2,4-5,15H,3H2,(H,13,14). The third-order valence-electron chi connectivity index (χ3n) is 1.72. The van der Waals surface area contributed by atoms with Gasteiger partial charge in [0.25, 0.3) is 0 Å². The molecule has 0 aromatic heterocycles. The topological polar surface area (TPSA) is 37.3 Å². The molecule has 0 bridgehead atoms. The number of aromatic carboxylic acids is 1. The van der Waals surface area contributed by atoms with Crippen molar-refractivity contribution in [2.24, 2.45) is 0 Å². The Kier molecular flexibility index (Phi) is 3.85. The molecule has 2 nitrogen and oxygen atoms in total. The van der Waals surface area contributed by atoms with Gasteiger partial charge in [0.2, 0.25) is 0 Å². The van der Waals surface area contributed by atoms with Crippen LogP contribution in [0.15, 0.2) is 18.2 Å². The zero-order valence-electron chi connectivity index (χ0n) is 7.58. The molecule has 0 atom stereocenters. The van der Waals surface area contributed by atoms with Crippen LogP contribution in [0.5, 0.6) is 0 Å². The van der Waals surface area contributed by atoms with Crippen molar-refractivity contribution in [3.05, 3.63) is 41.0 Å². The highest BCUT2D eigenvalue weighted by Crippen LogP contribution is 2.16. The van der Waals surface area contributed by atoms with E-state index in [1.165, 1.54) is 12.2 Å². The third kappa shape index (κ3) is 2.79. The maximum atomic E-state index is 13.1. The number of benzene rings is 1. The Morgan fingerprint density at radius 1 is 1.40 bits per heavy atom. The molecule has 0 fully saturated rings. The van der Waals surface area contributed by atoms with Gasteiger partial charge < -0.3 is 5.11 Å². The molecule has 0 saturated carbocycles. The van der Waals surface area contributed by atoms with Crippen molar-refractivity contribution < 1.29 is 18.7 Å². The summed E-state index contributed by atoms with van der Waals surface area (Å²) in [5, 5.41) is 8.60. The Balaban J connectivity index is 3.23. The molecule has 0 spiro atoms. The monoisotopic (exact) mass is 230 g/mol. The maximum absolute atomic E-state index is 13.1. The SMILES string of the molecule is O=C(O)c1cc(C=CCS)c(F)cc1F. The molecule has 0 saturated heterocycles. The Morgan fingerprint density at radius 2 is 2.07 bits per heavy atom. The van der Waals surface area contributed by atoms with Gasteiger partial charge in [0.05, 0.1) is 5.56 Å². The van der Waals surface area contributed by atoms with E-state index < -0.39 is 23.2 Å². The third-order valence-corrected chi connectivity index (χ3v) is 1.93. The molecule has 0 aliphatic rings. The van der Waals surface area contributed by atoms with E-state index in [2.05, 4.69) is 12.6 Å². The second-order valence-electron chi connectivity index (χ2n) is 2.74. The van der Waals surface area contributed by atoms with Crippen LogP contribution in [-0.2, 0) is 0 Å². The minimum absolute atomic E-state index is 0.0304. The van der Waals surface area contributed by atoms with Gasteiger partial charge in [0.1, 0.15) is 11.6 Å². The van der Waals surface area contributed by atoms with E-state index >= 15 is 0 Å². The highest BCUT2D eigenvalue weighted by Gasteiger charge is 2.13. The lowest BCUT2D eigenvalue weighted by atomic mass is 10.1. The summed E-state index contributed by atoms with van der Waals surface area (Å²) in [7, 11) is 0. The quantitative estimate of drug-likeness (QED) is 0.783. The average molecular weight is 230 g/mol. The van der Waals surface area contributed by atoms with Gasteiger partial charge in [-0.15, -0.1) is 0 Å². The first kappa shape index (κ1) is 11.7. The Labute approximate surface area is 90.6 Å². The van der Waals surface area contributed by atoms with E-state index in [0.717, 1.165) is 6.07 Å². The Bertz CT molecular complexity index is 416. The number of thiol groups is 1. The van der Waals surface area contributed by atoms with Crippen molar-refractivity contribution in [3.8, 4) is 0 Å². The van der Waals surface area contributed by atoms with Gasteiger partial charge in [-0.25, -0.2) is 13.6 Å². The first-order valence-corrected chi connectivity index (χ1v) is 4.69. The number of hydrogen-bond donors (Lipinski definition) is 2. The number of hydrogen-bond acceptors (Lipinski definition) is 2. The van der Waals surface area contributed by atoms with Gasteiger partial charge in [0, 0.05) is 17.4 Å². The van der Waals surface area contributed by atoms with Crippen LogP contribution in [-0.4, -0.2) is 16.8 Å². The largest absolute Gasteiger partial charge is 0.478 e.